The lowest BCUT2D eigenvalue weighted by molar-refractivity contribution is -0.118. The molecular weight excluding hydrogens is 412 g/mol. The number of hydrogen-bond acceptors (Lipinski definition) is 7. The van der Waals surface area contributed by atoms with E-state index in [-0.39, 0.29) is 27.7 Å². The van der Waals surface area contributed by atoms with Gasteiger partial charge in [-0.3, -0.25) is 4.79 Å². The van der Waals surface area contributed by atoms with Crippen molar-refractivity contribution >= 4 is 27.7 Å². The van der Waals surface area contributed by atoms with Gasteiger partial charge in [-0.05, 0) is 43.0 Å². The first-order valence-electron chi connectivity index (χ1n) is 9.34. The van der Waals surface area contributed by atoms with Crippen molar-refractivity contribution in [2.75, 3.05) is 25.4 Å². The van der Waals surface area contributed by atoms with E-state index in [4.69, 9.17) is 4.42 Å². The average Bonchev–Trinajstić information content (AvgIpc) is 3.20. The highest BCUT2D eigenvalue weighted by Gasteiger charge is 2.28. The van der Waals surface area contributed by atoms with Crippen molar-refractivity contribution in [3.05, 3.63) is 36.9 Å². The number of thioether (sulfide) groups is 1. The summed E-state index contributed by atoms with van der Waals surface area (Å²) in [6.07, 6.45) is 3.36. The van der Waals surface area contributed by atoms with Crippen LogP contribution in [0.4, 0.5) is 0 Å². The van der Waals surface area contributed by atoms with Gasteiger partial charge in [0.1, 0.15) is 0 Å². The summed E-state index contributed by atoms with van der Waals surface area (Å²) >= 11 is 1.13. The zero-order valence-corrected chi connectivity index (χ0v) is 17.8. The van der Waals surface area contributed by atoms with Gasteiger partial charge in [-0.2, -0.15) is 4.31 Å². The van der Waals surface area contributed by atoms with Crippen LogP contribution in [0.3, 0.4) is 0 Å². The van der Waals surface area contributed by atoms with E-state index in [1.54, 1.807) is 34.6 Å². The number of benzene rings is 1. The molecule has 156 valence electrons. The van der Waals surface area contributed by atoms with Crippen LogP contribution in [0.1, 0.15) is 19.8 Å². The third-order valence-electron chi connectivity index (χ3n) is 4.66. The molecule has 1 saturated heterocycles. The Kier molecular flexibility index (Phi) is 7.09. The van der Waals surface area contributed by atoms with Crippen LogP contribution < -0.4 is 5.32 Å². The molecule has 0 atom stereocenters. The number of carbonyl (C=O) groups excluding carboxylic acids is 1. The van der Waals surface area contributed by atoms with Gasteiger partial charge in [0.15, 0.2) is 0 Å². The Morgan fingerprint density at radius 2 is 2.00 bits per heavy atom. The van der Waals surface area contributed by atoms with Gasteiger partial charge in [-0.25, -0.2) is 8.42 Å². The summed E-state index contributed by atoms with van der Waals surface area (Å²) < 4.78 is 32.7. The second-order valence-corrected chi connectivity index (χ2v) is 9.73. The summed E-state index contributed by atoms with van der Waals surface area (Å²) in [5.41, 5.74) is 0.617. The third kappa shape index (κ3) is 5.46. The Morgan fingerprint density at radius 3 is 2.66 bits per heavy atom. The van der Waals surface area contributed by atoms with E-state index < -0.39 is 10.0 Å². The number of aromatic nitrogens is 2. The number of sulfonamides is 1. The third-order valence-corrected chi connectivity index (χ3v) is 7.39. The van der Waals surface area contributed by atoms with Crippen molar-refractivity contribution in [2.45, 2.75) is 29.9 Å². The van der Waals surface area contributed by atoms with E-state index >= 15 is 0 Å². The molecule has 0 unspecified atom stereocenters. The van der Waals surface area contributed by atoms with Gasteiger partial charge in [-0.1, -0.05) is 24.8 Å². The summed E-state index contributed by atoms with van der Waals surface area (Å²) in [5.74, 6) is 0.828. The summed E-state index contributed by atoms with van der Waals surface area (Å²) in [6, 6.07) is 6.42. The highest BCUT2D eigenvalue weighted by molar-refractivity contribution is 7.99. The normalized spacial score (nSPS) is 15.9. The van der Waals surface area contributed by atoms with Crippen LogP contribution >= 0.6 is 11.8 Å². The lowest BCUT2D eigenvalue weighted by atomic mass is 10.0. The molecule has 1 aliphatic rings. The van der Waals surface area contributed by atoms with E-state index in [1.807, 2.05) is 0 Å². The standard InChI is InChI=1S/C19H24N4O4S2/c1-3-10-20-17(24)13-28-19-22-21-18(27-19)15-4-6-16(7-5-15)29(25,26)23-11-8-14(2)9-12-23/h3-7,14H,1,8-13H2,2H3,(H,20,24). The molecule has 0 saturated carbocycles. The molecule has 1 N–H and O–H groups in total. The Balaban J connectivity index is 1.64. The molecule has 0 aliphatic carbocycles. The summed E-state index contributed by atoms with van der Waals surface area (Å²) in [6.45, 7) is 7.18. The molecular formula is C19H24N4O4S2. The van der Waals surface area contributed by atoms with Gasteiger partial charge in [0.2, 0.25) is 21.8 Å². The number of piperidine rings is 1. The largest absolute Gasteiger partial charge is 0.411 e. The number of nitrogens with one attached hydrogen (secondary N) is 1. The molecule has 0 bridgehead atoms. The molecule has 1 aromatic heterocycles. The topological polar surface area (TPSA) is 105 Å². The van der Waals surface area contributed by atoms with Gasteiger partial charge in [0.05, 0.1) is 10.6 Å². The maximum absolute atomic E-state index is 12.8. The van der Waals surface area contributed by atoms with Gasteiger partial charge < -0.3 is 9.73 Å². The first-order valence-corrected chi connectivity index (χ1v) is 11.8. The molecule has 29 heavy (non-hydrogen) atoms. The predicted octanol–water partition coefficient (Wildman–Crippen LogP) is 2.55. The number of amides is 1. The Labute approximate surface area is 174 Å². The molecule has 8 nitrogen and oxygen atoms in total. The molecule has 1 fully saturated rings. The average molecular weight is 437 g/mol. The van der Waals surface area contributed by atoms with E-state index in [9.17, 15) is 13.2 Å². The second kappa shape index (κ2) is 9.55. The fourth-order valence-electron chi connectivity index (χ4n) is 2.89. The minimum atomic E-state index is -3.49. The van der Waals surface area contributed by atoms with E-state index in [2.05, 4.69) is 29.0 Å². The number of hydrogen-bond donors (Lipinski definition) is 1. The van der Waals surface area contributed by atoms with Crippen molar-refractivity contribution in [3.8, 4) is 11.5 Å². The summed E-state index contributed by atoms with van der Waals surface area (Å²) in [5, 5.41) is 10.8. The Bertz CT molecular complexity index is 949. The Hall–Kier alpha value is -2.17. The van der Waals surface area contributed by atoms with Crippen molar-refractivity contribution in [3.63, 3.8) is 0 Å². The molecule has 3 rings (SSSR count). The number of rotatable bonds is 8. The molecule has 1 aliphatic heterocycles. The smallest absolute Gasteiger partial charge is 0.277 e. The van der Waals surface area contributed by atoms with Crippen LogP contribution in [-0.2, 0) is 14.8 Å². The monoisotopic (exact) mass is 436 g/mol. The van der Waals surface area contributed by atoms with Crippen LogP contribution in [0.2, 0.25) is 0 Å². The highest BCUT2D eigenvalue weighted by atomic mass is 32.2. The second-order valence-electron chi connectivity index (χ2n) is 6.87. The lowest BCUT2D eigenvalue weighted by Crippen LogP contribution is -2.37. The zero-order chi connectivity index (χ0) is 20.9. The molecule has 0 radical (unpaired) electrons. The van der Waals surface area contributed by atoms with Gasteiger partial charge in [0.25, 0.3) is 5.22 Å². The highest BCUT2D eigenvalue weighted by Crippen LogP contribution is 2.27. The molecule has 10 heteroatoms. The fraction of sp³-hybridized carbons (Fsp3) is 0.421. The van der Waals surface area contributed by atoms with Crippen LogP contribution in [0.15, 0.2) is 51.5 Å². The van der Waals surface area contributed by atoms with Crippen molar-refractivity contribution in [2.24, 2.45) is 5.92 Å². The van der Waals surface area contributed by atoms with Gasteiger partial charge in [-0.15, -0.1) is 16.8 Å². The van der Waals surface area contributed by atoms with Gasteiger partial charge in [0, 0.05) is 25.2 Å². The lowest BCUT2D eigenvalue weighted by Gasteiger charge is -2.29. The summed E-state index contributed by atoms with van der Waals surface area (Å²) in [7, 11) is -3.49. The quantitative estimate of drug-likeness (QED) is 0.501. The maximum atomic E-state index is 12.8. The molecule has 2 heterocycles. The molecule has 0 spiro atoms. The van der Waals surface area contributed by atoms with E-state index in [0.717, 1.165) is 24.6 Å². The molecule has 1 amide bonds. The van der Waals surface area contributed by atoms with Crippen molar-refractivity contribution in [1.29, 1.82) is 0 Å². The summed E-state index contributed by atoms with van der Waals surface area (Å²) in [4.78, 5) is 11.9. The predicted molar refractivity (Wildman–Crippen MR) is 111 cm³/mol. The number of carbonyl (C=O) groups is 1. The minimum absolute atomic E-state index is 0.154. The fourth-order valence-corrected chi connectivity index (χ4v) is 4.96. The first kappa shape index (κ1) is 21.5. The first-order chi connectivity index (χ1) is 13.9. The van der Waals surface area contributed by atoms with E-state index in [0.29, 0.717) is 31.1 Å². The van der Waals surface area contributed by atoms with Crippen LogP contribution in [0, 0.1) is 5.92 Å². The van der Waals surface area contributed by atoms with E-state index in [1.165, 1.54) is 0 Å². The molecule has 1 aromatic carbocycles. The van der Waals surface area contributed by atoms with Crippen LogP contribution in [-0.4, -0.2) is 54.2 Å². The van der Waals surface area contributed by atoms with Crippen molar-refractivity contribution < 1.29 is 17.6 Å². The zero-order valence-electron chi connectivity index (χ0n) is 16.2. The number of nitrogens with zero attached hydrogens (tertiary/aromatic N) is 3. The van der Waals surface area contributed by atoms with Gasteiger partial charge >= 0.3 is 0 Å². The SMILES string of the molecule is C=CCNC(=O)CSc1nnc(-c2ccc(S(=O)(=O)N3CCC(C)CC3)cc2)o1. The minimum Gasteiger partial charge on any atom is -0.411 e. The van der Waals surface area contributed by atoms with Crippen LogP contribution in [0.5, 0.6) is 0 Å². The van der Waals surface area contributed by atoms with Crippen LogP contribution in [0.25, 0.3) is 11.5 Å². The van der Waals surface area contributed by atoms with Crippen molar-refractivity contribution in [1.82, 2.24) is 19.8 Å². The maximum Gasteiger partial charge on any atom is 0.277 e. The molecule has 2 aromatic rings. The Morgan fingerprint density at radius 1 is 1.31 bits per heavy atom.